The van der Waals surface area contributed by atoms with Gasteiger partial charge < -0.3 is 4.74 Å². The molecule has 1 atom stereocenters. The number of hydrogen-bond donors (Lipinski definition) is 0. The molecule has 1 aliphatic rings. The Morgan fingerprint density at radius 3 is 2.17 bits per heavy atom. The zero-order chi connectivity index (χ0) is 15.5. The summed E-state index contributed by atoms with van der Waals surface area (Å²) in [6.45, 7) is 0. The molecule has 23 heavy (non-hydrogen) atoms. The lowest BCUT2D eigenvalue weighted by molar-refractivity contribution is 0.0429. The van der Waals surface area contributed by atoms with Crippen LogP contribution < -0.4 is 4.74 Å². The number of aryl methyl sites for hydroxylation is 1. The van der Waals surface area contributed by atoms with Crippen molar-refractivity contribution in [2.24, 2.45) is 0 Å². The van der Waals surface area contributed by atoms with Gasteiger partial charge in [0.2, 0.25) is 0 Å². The standard InChI is InChI=1S/C22H20O/c1-3-9-18(10-4-1)17-22(20-12-5-2-6-13-20)16-15-19-11-7-8-14-21(19)23-22/h1-14H,15-17H2. The van der Waals surface area contributed by atoms with Crippen LogP contribution in [0.3, 0.4) is 0 Å². The minimum Gasteiger partial charge on any atom is -0.482 e. The summed E-state index contributed by atoms with van der Waals surface area (Å²) in [6.07, 6.45) is 2.95. The molecule has 1 heterocycles. The van der Waals surface area contributed by atoms with Crippen molar-refractivity contribution < 1.29 is 4.74 Å². The fourth-order valence-corrected chi connectivity index (χ4v) is 3.51. The van der Waals surface area contributed by atoms with Crippen LogP contribution in [0, 0.1) is 0 Å². The molecule has 0 bridgehead atoms. The summed E-state index contributed by atoms with van der Waals surface area (Å²) in [4.78, 5) is 0. The molecule has 3 aromatic carbocycles. The average molecular weight is 300 g/mol. The van der Waals surface area contributed by atoms with Gasteiger partial charge in [0.1, 0.15) is 11.4 Å². The summed E-state index contributed by atoms with van der Waals surface area (Å²) in [5, 5.41) is 0. The largest absolute Gasteiger partial charge is 0.482 e. The lowest BCUT2D eigenvalue weighted by atomic mass is 9.80. The summed E-state index contributed by atoms with van der Waals surface area (Å²) >= 11 is 0. The monoisotopic (exact) mass is 300 g/mol. The fraction of sp³-hybridized carbons (Fsp3) is 0.182. The van der Waals surface area contributed by atoms with Crippen LogP contribution in [-0.2, 0) is 18.4 Å². The third kappa shape index (κ3) is 2.75. The van der Waals surface area contributed by atoms with Crippen molar-refractivity contribution >= 4 is 0 Å². The Morgan fingerprint density at radius 2 is 1.39 bits per heavy atom. The molecule has 0 fully saturated rings. The summed E-state index contributed by atoms with van der Waals surface area (Å²) in [5.41, 5.74) is 3.61. The second-order valence-electron chi connectivity index (χ2n) is 6.23. The van der Waals surface area contributed by atoms with E-state index in [0.717, 1.165) is 25.0 Å². The van der Waals surface area contributed by atoms with E-state index in [0.29, 0.717) is 0 Å². The predicted octanol–water partition coefficient (Wildman–Crippen LogP) is 5.15. The maximum absolute atomic E-state index is 6.61. The van der Waals surface area contributed by atoms with E-state index in [4.69, 9.17) is 4.74 Å². The van der Waals surface area contributed by atoms with Crippen molar-refractivity contribution in [2.45, 2.75) is 24.9 Å². The zero-order valence-electron chi connectivity index (χ0n) is 13.1. The summed E-state index contributed by atoms with van der Waals surface area (Å²) < 4.78 is 6.61. The van der Waals surface area contributed by atoms with E-state index in [1.54, 1.807) is 0 Å². The van der Waals surface area contributed by atoms with Gasteiger partial charge in [0.15, 0.2) is 0 Å². The minimum atomic E-state index is -0.281. The molecule has 1 heteroatoms. The average Bonchev–Trinajstić information content (AvgIpc) is 2.63. The van der Waals surface area contributed by atoms with E-state index in [1.807, 2.05) is 0 Å². The van der Waals surface area contributed by atoms with Crippen molar-refractivity contribution in [3.8, 4) is 5.75 Å². The van der Waals surface area contributed by atoms with Gasteiger partial charge in [-0.25, -0.2) is 0 Å². The van der Waals surface area contributed by atoms with Crippen molar-refractivity contribution in [3.63, 3.8) is 0 Å². The number of hydrogen-bond acceptors (Lipinski definition) is 1. The Bertz CT molecular complexity index is 779. The van der Waals surface area contributed by atoms with Gasteiger partial charge in [-0.2, -0.15) is 0 Å². The number of para-hydroxylation sites is 1. The highest BCUT2D eigenvalue weighted by molar-refractivity contribution is 5.39. The van der Waals surface area contributed by atoms with Gasteiger partial charge in [0.25, 0.3) is 0 Å². The molecule has 0 saturated carbocycles. The second kappa shape index (κ2) is 5.92. The third-order valence-electron chi connectivity index (χ3n) is 4.71. The molecule has 1 aliphatic heterocycles. The van der Waals surface area contributed by atoms with E-state index in [1.165, 1.54) is 16.7 Å². The minimum absolute atomic E-state index is 0.281. The fourth-order valence-electron chi connectivity index (χ4n) is 3.51. The number of benzene rings is 3. The first-order valence-corrected chi connectivity index (χ1v) is 8.22. The molecular formula is C22H20O. The summed E-state index contributed by atoms with van der Waals surface area (Å²) in [7, 11) is 0. The Kier molecular flexibility index (Phi) is 3.63. The third-order valence-corrected chi connectivity index (χ3v) is 4.71. The van der Waals surface area contributed by atoms with Crippen LogP contribution in [0.25, 0.3) is 0 Å². The Labute approximate surface area is 137 Å². The smallest absolute Gasteiger partial charge is 0.138 e. The molecule has 3 aromatic rings. The van der Waals surface area contributed by atoms with Gasteiger partial charge in [-0.3, -0.25) is 0 Å². The van der Waals surface area contributed by atoms with Crippen molar-refractivity contribution in [3.05, 3.63) is 102 Å². The summed E-state index contributed by atoms with van der Waals surface area (Å²) in [5.74, 6) is 1.03. The number of ether oxygens (including phenoxy) is 1. The molecule has 1 unspecified atom stereocenters. The van der Waals surface area contributed by atoms with E-state index >= 15 is 0 Å². The summed E-state index contributed by atoms with van der Waals surface area (Å²) in [6, 6.07) is 29.7. The van der Waals surface area contributed by atoms with Gasteiger partial charge >= 0.3 is 0 Å². The van der Waals surface area contributed by atoms with Gasteiger partial charge in [0, 0.05) is 6.42 Å². The molecule has 0 aliphatic carbocycles. The van der Waals surface area contributed by atoms with Gasteiger partial charge in [0.05, 0.1) is 0 Å². The molecule has 114 valence electrons. The van der Waals surface area contributed by atoms with Crippen LogP contribution in [0.15, 0.2) is 84.9 Å². The van der Waals surface area contributed by atoms with E-state index in [2.05, 4.69) is 84.9 Å². The first-order valence-electron chi connectivity index (χ1n) is 8.22. The van der Waals surface area contributed by atoms with Gasteiger partial charge in [-0.1, -0.05) is 78.9 Å². The highest BCUT2D eigenvalue weighted by Crippen LogP contribution is 2.41. The first kappa shape index (κ1) is 14.1. The van der Waals surface area contributed by atoms with Crippen LogP contribution in [0.1, 0.15) is 23.1 Å². The molecule has 4 rings (SSSR count). The Morgan fingerprint density at radius 1 is 0.739 bits per heavy atom. The molecule has 0 amide bonds. The highest BCUT2D eigenvalue weighted by Gasteiger charge is 2.38. The molecular weight excluding hydrogens is 280 g/mol. The van der Waals surface area contributed by atoms with Crippen LogP contribution in [0.4, 0.5) is 0 Å². The normalized spacial score (nSPS) is 19.7. The highest BCUT2D eigenvalue weighted by atomic mass is 16.5. The van der Waals surface area contributed by atoms with Gasteiger partial charge in [-0.15, -0.1) is 0 Å². The van der Waals surface area contributed by atoms with Crippen LogP contribution >= 0.6 is 0 Å². The first-order chi connectivity index (χ1) is 11.4. The maximum atomic E-state index is 6.61. The van der Waals surface area contributed by atoms with E-state index in [-0.39, 0.29) is 5.60 Å². The van der Waals surface area contributed by atoms with Crippen molar-refractivity contribution in [1.29, 1.82) is 0 Å². The molecule has 0 spiro atoms. The van der Waals surface area contributed by atoms with Crippen molar-refractivity contribution in [1.82, 2.24) is 0 Å². The topological polar surface area (TPSA) is 9.23 Å². The molecule has 0 saturated heterocycles. The van der Waals surface area contributed by atoms with Crippen LogP contribution in [0.5, 0.6) is 5.75 Å². The second-order valence-corrected chi connectivity index (χ2v) is 6.23. The zero-order valence-corrected chi connectivity index (χ0v) is 13.1. The molecule has 0 radical (unpaired) electrons. The number of rotatable bonds is 3. The van der Waals surface area contributed by atoms with Crippen molar-refractivity contribution in [2.75, 3.05) is 0 Å². The Hall–Kier alpha value is -2.54. The van der Waals surface area contributed by atoms with Crippen LogP contribution in [-0.4, -0.2) is 0 Å². The SMILES string of the molecule is c1ccc(CC2(c3ccccc3)CCc3ccccc3O2)cc1. The molecule has 0 aromatic heterocycles. The molecule has 1 nitrogen and oxygen atoms in total. The number of fused-ring (bicyclic) bond motifs is 1. The lowest BCUT2D eigenvalue weighted by Crippen LogP contribution is -2.39. The Balaban J connectivity index is 1.77. The predicted molar refractivity (Wildman–Crippen MR) is 93.7 cm³/mol. The van der Waals surface area contributed by atoms with E-state index < -0.39 is 0 Å². The van der Waals surface area contributed by atoms with E-state index in [9.17, 15) is 0 Å². The lowest BCUT2D eigenvalue weighted by Gasteiger charge is -2.39. The van der Waals surface area contributed by atoms with Crippen LogP contribution in [0.2, 0.25) is 0 Å². The molecule has 0 N–H and O–H groups in total. The quantitative estimate of drug-likeness (QED) is 0.650. The van der Waals surface area contributed by atoms with Gasteiger partial charge in [-0.05, 0) is 35.6 Å². The maximum Gasteiger partial charge on any atom is 0.138 e.